The molecule has 2 N–H and O–H groups in total. The molecule has 1 aromatic rings. The second-order valence-electron chi connectivity index (χ2n) is 6.92. The molecule has 0 bridgehead atoms. The van der Waals surface area contributed by atoms with E-state index >= 15 is 0 Å². The van der Waals surface area contributed by atoms with Gasteiger partial charge >= 0.3 is 6.09 Å². The minimum atomic E-state index is -0.901. The van der Waals surface area contributed by atoms with Gasteiger partial charge in [-0.1, -0.05) is 12.1 Å². The van der Waals surface area contributed by atoms with Crippen LogP contribution in [0.25, 0.3) is 0 Å². The maximum atomic E-state index is 11.4. The Labute approximate surface area is 132 Å². The van der Waals surface area contributed by atoms with Crippen molar-refractivity contribution in [2.24, 2.45) is 0 Å². The summed E-state index contributed by atoms with van der Waals surface area (Å²) in [6.07, 6.45) is 0.532. The second-order valence-corrected chi connectivity index (χ2v) is 6.92. The van der Waals surface area contributed by atoms with Crippen LogP contribution >= 0.6 is 0 Å². The monoisotopic (exact) mass is 306 g/mol. The maximum absolute atomic E-state index is 11.4. The van der Waals surface area contributed by atoms with Crippen LogP contribution in [0.5, 0.6) is 0 Å². The molecule has 0 spiro atoms. The minimum absolute atomic E-state index is 0.175. The molecule has 0 unspecified atom stereocenters. The van der Waals surface area contributed by atoms with E-state index in [4.69, 9.17) is 0 Å². The lowest BCUT2D eigenvalue weighted by molar-refractivity contribution is 0.0955. The number of hydrogen-bond donors (Lipinski definition) is 2. The smallest absolute Gasteiger partial charge is 0.408 e. The van der Waals surface area contributed by atoms with Gasteiger partial charge in [0.05, 0.1) is 6.10 Å². The number of benzene rings is 1. The van der Waals surface area contributed by atoms with E-state index in [9.17, 15) is 15.0 Å². The predicted octanol–water partition coefficient (Wildman–Crippen LogP) is 2.93. The summed E-state index contributed by atoms with van der Waals surface area (Å²) in [5.41, 5.74) is 1.69. The van der Waals surface area contributed by atoms with Crippen molar-refractivity contribution in [1.82, 2.24) is 4.90 Å². The van der Waals surface area contributed by atoms with Crippen molar-refractivity contribution in [2.45, 2.75) is 51.8 Å². The Morgan fingerprint density at radius 2 is 1.77 bits per heavy atom. The Morgan fingerprint density at radius 1 is 1.23 bits per heavy atom. The number of carboxylic acid groups (broad SMARTS) is 1. The van der Waals surface area contributed by atoms with Gasteiger partial charge in [-0.25, -0.2) is 4.79 Å². The summed E-state index contributed by atoms with van der Waals surface area (Å²) in [6.45, 7) is 7.81. The van der Waals surface area contributed by atoms with Crippen LogP contribution in [0.15, 0.2) is 24.3 Å². The Kier molecular flexibility index (Phi) is 4.96. The maximum Gasteiger partial charge on any atom is 0.408 e. The molecule has 0 radical (unpaired) electrons. The third kappa shape index (κ3) is 4.13. The van der Waals surface area contributed by atoms with Crippen LogP contribution in [0.1, 0.15) is 39.2 Å². The number of aliphatic hydroxyl groups is 1. The zero-order chi connectivity index (χ0) is 16.3. The number of piperidine rings is 1. The third-order valence-corrected chi connectivity index (χ3v) is 4.15. The zero-order valence-electron chi connectivity index (χ0n) is 13.6. The Balaban J connectivity index is 2.04. The summed E-state index contributed by atoms with van der Waals surface area (Å²) in [4.78, 5) is 15.1. The van der Waals surface area contributed by atoms with Crippen LogP contribution in [0, 0.1) is 0 Å². The van der Waals surface area contributed by atoms with Crippen LogP contribution in [-0.4, -0.2) is 45.9 Å². The zero-order valence-corrected chi connectivity index (χ0v) is 13.6. The van der Waals surface area contributed by atoms with E-state index in [0.717, 1.165) is 37.2 Å². The molecule has 22 heavy (non-hydrogen) atoms. The fourth-order valence-electron chi connectivity index (χ4n) is 2.71. The molecule has 1 heterocycles. The Morgan fingerprint density at radius 3 is 2.23 bits per heavy atom. The van der Waals surface area contributed by atoms with Crippen LogP contribution < -0.4 is 4.90 Å². The Hall–Kier alpha value is -1.75. The van der Waals surface area contributed by atoms with Gasteiger partial charge in [-0.05, 0) is 51.3 Å². The Bertz CT molecular complexity index is 500. The molecule has 1 amide bonds. The molecule has 1 fully saturated rings. The number of carbonyl (C=O) groups is 1. The van der Waals surface area contributed by atoms with Crippen molar-refractivity contribution in [3.8, 4) is 0 Å². The number of amides is 1. The molecule has 1 aromatic carbocycles. The third-order valence-electron chi connectivity index (χ3n) is 4.15. The van der Waals surface area contributed by atoms with Gasteiger partial charge < -0.3 is 15.1 Å². The van der Waals surface area contributed by atoms with Crippen LogP contribution in [0.4, 0.5) is 10.5 Å². The van der Waals surface area contributed by atoms with Crippen LogP contribution in [0.3, 0.4) is 0 Å². The number of anilines is 1. The van der Waals surface area contributed by atoms with E-state index in [2.05, 4.69) is 4.90 Å². The standard InChI is InChI=1S/C17H26N2O3/c1-17(2,3)19(16(21)22)12-13-4-6-14(7-5-13)18-10-8-15(20)9-11-18/h4-7,15,20H,8-12H2,1-3H3,(H,21,22). The molecule has 0 aliphatic carbocycles. The molecule has 0 atom stereocenters. The molecule has 0 saturated carbocycles. The van der Waals surface area contributed by atoms with Crippen molar-refractivity contribution in [2.75, 3.05) is 18.0 Å². The molecular weight excluding hydrogens is 280 g/mol. The van der Waals surface area contributed by atoms with Gasteiger partial charge in [0, 0.05) is 30.9 Å². The molecule has 5 nitrogen and oxygen atoms in total. The molecule has 1 aliphatic heterocycles. The summed E-state index contributed by atoms with van der Waals surface area (Å²) in [6, 6.07) is 8.05. The van der Waals surface area contributed by atoms with Gasteiger partial charge in [-0.15, -0.1) is 0 Å². The summed E-state index contributed by atoms with van der Waals surface area (Å²) >= 11 is 0. The average Bonchev–Trinajstić information content (AvgIpc) is 2.45. The van der Waals surface area contributed by atoms with E-state index in [1.165, 1.54) is 4.90 Å². The molecule has 0 aromatic heterocycles. The topological polar surface area (TPSA) is 64.0 Å². The van der Waals surface area contributed by atoms with E-state index in [-0.39, 0.29) is 6.10 Å². The van der Waals surface area contributed by atoms with Crippen LogP contribution in [-0.2, 0) is 6.54 Å². The highest BCUT2D eigenvalue weighted by Gasteiger charge is 2.26. The second kappa shape index (κ2) is 6.57. The summed E-state index contributed by atoms with van der Waals surface area (Å²) in [5.74, 6) is 0. The number of rotatable bonds is 3. The predicted molar refractivity (Wildman–Crippen MR) is 87.2 cm³/mol. The molecule has 122 valence electrons. The van der Waals surface area contributed by atoms with E-state index in [1.54, 1.807) is 0 Å². The summed E-state index contributed by atoms with van der Waals surface area (Å²) in [5, 5.41) is 18.9. The molecule has 1 saturated heterocycles. The first-order chi connectivity index (χ1) is 10.3. The molecule has 2 rings (SSSR count). The van der Waals surface area contributed by atoms with Gasteiger partial charge in [0.15, 0.2) is 0 Å². The number of nitrogens with zero attached hydrogens (tertiary/aromatic N) is 2. The van der Waals surface area contributed by atoms with Crippen molar-refractivity contribution >= 4 is 11.8 Å². The summed E-state index contributed by atoms with van der Waals surface area (Å²) < 4.78 is 0. The highest BCUT2D eigenvalue weighted by atomic mass is 16.4. The lowest BCUT2D eigenvalue weighted by Crippen LogP contribution is -2.44. The number of hydrogen-bond acceptors (Lipinski definition) is 3. The lowest BCUT2D eigenvalue weighted by atomic mass is 10.0. The first kappa shape index (κ1) is 16.6. The molecular formula is C17H26N2O3. The van der Waals surface area contributed by atoms with Crippen molar-refractivity contribution < 1.29 is 15.0 Å². The largest absolute Gasteiger partial charge is 0.465 e. The SMILES string of the molecule is CC(C)(C)N(Cc1ccc(N2CCC(O)CC2)cc1)C(=O)O. The highest BCUT2D eigenvalue weighted by molar-refractivity contribution is 5.66. The van der Waals surface area contributed by atoms with Gasteiger partial charge in [-0.2, -0.15) is 0 Å². The van der Waals surface area contributed by atoms with Crippen molar-refractivity contribution in [1.29, 1.82) is 0 Å². The summed E-state index contributed by atoms with van der Waals surface area (Å²) in [7, 11) is 0. The van der Waals surface area contributed by atoms with Crippen molar-refractivity contribution in [3.05, 3.63) is 29.8 Å². The first-order valence-electron chi connectivity index (χ1n) is 7.80. The molecule has 1 aliphatic rings. The van der Waals surface area contributed by atoms with Gasteiger partial charge in [0.1, 0.15) is 0 Å². The first-order valence-corrected chi connectivity index (χ1v) is 7.80. The van der Waals surface area contributed by atoms with Gasteiger partial charge in [0.25, 0.3) is 0 Å². The van der Waals surface area contributed by atoms with E-state index in [1.807, 2.05) is 45.0 Å². The van der Waals surface area contributed by atoms with Gasteiger partial charge in [0.2, 0.25) is 0 Å². The minimum Gasteiger partial charge on any atom is -0.465 e. The fraction of sp³-hybridized carbons (Fsp3) is 0.588. The van der Waals surface area contributed by atoms with E-state index < -0.39 is 11.6 Å². The fourth-order valence-corrected chi connectivity index (χ4v) is 2.71. The average molecular weight is 306 g/mol. The number of aliphatic hydroxyl groups excluding tert-OH is 1. The van der Waals surface area contributed by atoms with E-state index in [0.29, 0.717) is 6.54 Å². The normalized spacial score (nSPS) is 16.6. The highest BCUT2D eigenvalue weighted by Crippen LogP contribution is 2.22. The van der Waals surface area contributed by atoms with Gasteiger partial charge in [-0.3, -0.25) is 4.90 Å². The van der Waals surface area contributed by atoms with Crippen molar-refractivity contribution in [3.63, 3.8) is 0 Å². The quantitative estimate of drug-likeness (QED) is 0.901. The lowest BCUT2D eigenvalue weighted by Gasteiger charge is -2.34. The molecule has 5 heteroatoms. The van der Waals surface area contributed by atoms with Crippen LogP contribution in [0.2, 0.25) is 0 Å².